The molecule has 3 N–H and O–H groups in total. The van der Waals surface area contributed by atoms with Crippen molar-refractivity contribution in [3.8, 4) is 0 Å². The third-order valence-electron chi connectivity index (χ3n) is 7.01. The highest BCUT2D eigenvalue weighted by atomic mass is 79.9. The number of aliphatic hydroxyl groups excluding tert-OH is 1. The maximum Gasteiger partial charge on any atom is 0.244 e. The summed E-state index contributed by atoms with van der Waals surface area (Å²) in [6, 6.07) is -1.11. The van der Waals surface area contributed by atoms with Crippen LogP contribution in [-0.4, -0.2) is 73.8 Å². The molecule has 1 spiro atoms. The molecular weight excluding hydrogens is 482 g/mol. The Kier molecular flexibility index (Phi) is 8.01. The van der Waals surface area contributed by atoms with E-state index >= 15 is 0 Å². The normalized spacial score (nSPS) is 35.7. The lowest BCUT2D eigenvalue weighted by Gasteiger charge is -2.37. The summed E-state index contributed by atoms with van der Waals surface area (Å²) in [6.07, 6.45) is 3.86. The van der Waals surface area contributed by atoms with Crippen LogP contribution in [0.3, 0.4) is 0 Å². The van der Waals surface area contributed by atoms with Crippen LogP contribution >= 0.6 is 27.7 Å². The predicted molar refractivity (Wildman–Crippen MR) is 126 cm³/mol. The van der Waals surface area contributed by atoms with Crippen LogP contribution in [0.2, 0.25) is 0 Å². The number of carbonyl (C=O) groups excluding carboxylic acids is 3. The highest BCUT2D eigenvalue weighted by molar-refractivity contribution is 9.09. The van der Waals surface area contributed by atoms with E-state index in [-0.39, 0.29) is 40.4 Å². The maximum absolute atomic E-state index is 13.8. The number of fused-ring (bicyclic) bond motifs is 1. The molecule has 8 atom stereocenters. The van der Waals surface area contributed by atoms with Gasteiger partial charge in [-0.25, -0.2) is 0 Å². The Labute approximate surface area is 198 Å². The Morgan fingerprint density at radius 1 is 1.29 bits per heavy atom. The van der Waals surface area contributed by atoms with Gasteiger partial charge in [-0.3, -0.25) is 14.4 Å². The zero-order valence-corrected chi connectivity index (χ0v) is 21.3. The van der Waals surface area contributed by atoms with Crippen LogP contribution in [0.4, 0.5) is 0 Å². The van der Waals surface area contributed by atoms with E-state index in [1.807, 2.05) is 20.8 Å². The minimum Gasteiger partial charge on any atom is -0.394 e. The number of hydrogen-bond acceptors (Lipinski definition) is 5. The number of thioether (sulfide) groups is 1. The van der Waals surface area contributed by atoms with Gasteiger partial charge in [-0.1, -0.05) is 43.1 Å². The molecule has 3 saturated heterocycles. The molecule has 176 valence electrons. The summed E-state index contributed by atoms with van der Waals surface area (Å²) in [6.45, 7) is 8.34. The van der Waals surface area contributed by atoms with Crippen LogP contribution < -0.4 is 10.6 Å². The minimum atomic E-state index is -0.680. The number of rotatable bonds is 10. The molecule has 0 aromatic heterocycles. The predicted octanol–water partition coefficient (Wildman–Crippen LogP) is 2.05. The Hall–Kier alpha value is -0.800. The molecule has 3 rings (SSSR count). The monoisotopic (exact) mass is 517 g/mol. The standard InChI is InChI=1S/C22H36BrN3O4S/c1-5-8-12(4)25-20(29)18-22-10-14(23)17(31-22)15(19(28)24-9-6-2)16(22)21(30)26(18)13(7-3)11-27/h12-18,27H,5-11H2,1-4H3,(H,24,28)(H,25,29)/t12?,13-,14?,15-,16-,17-,18?,22?/m0/s1. The second-order valence-electron chi connectivity index (χ2n) is 9.14. The first-order valence-electron chi connectivity index (χ1n) is 11.6. The van der Waals surface area contributed by atoms with Crippen molar-refractivity contribution in [3.63, 3.8) is 0 Å². The Morgan fingerprint density at radius 2 is 2.00 bits per heavy atom. The summed E-state index contributed by atoms with van der Waals surface area (Å²) in [4.78, 5) is 42.2. The number of alkyl halides is 1. The lowest BCUT2D eigenvalue weighted by atomic mass is 9.70. The summed E-state index contributed by atoms with van der Waals surface area (Å²) in [5.74, 6) is -1.42. The zero-order chi connectivity index (χ0) is 22.9. The van der Waals surface area contributed by atoms with Gasteiger partial charge >= 0.3 is 0 Å². The van der Waals surface area contributed by atoms with Crippen molar-refractivity contribution in [2.75, 3.05) is 13.2 Å². The van der Waals surface area contributed by atoms with Crippen molar-refractivity contribution in [1.29, 1.82) is 0 Å². The van der Waals surface area contributed by atoms with Crippen LogP contribution in [0.1, 0.15) is 59.8 Å². The van der Waals surface area contributed by atoms with Crippen molar-refractivity contribution in [2.24, 2.45) is 11.8 Å². The fourth-order valence-electron chi connectivity index (χ4n) is 5.67. The number of nitrogens with one attached hydrogen (secondary N) is 2. The number of carbonyl (C=O) groups is 3. The maximum atomic E-state index is 13.8. The Morgan fingerprint density at radius 3 is 2.58 bits per heavy atom. The molecule has 0 aromatic rings. The van der Waals surface area contributed by atoms with E-state index in [2.05, 4.69) is 33.5 Å². The van der Waals surface area contributed by atoms with Gasteiger partial charge in [0.1, 0.15) is 6.04 Å². The molecule has 3 amide bonds. The van der Waals surface area contributed by atoms with Crippen LogP contribution in [-0.2, 0) is 14.4 Å². The summed E-state index contributed by atoms with van der Waals surface area (Å²) < 4.78 is -0.650. The number of hydrogen-bond donors (Lipinski definition) is 3. The highest BCUT2D eigenvalue weighted by Crippen LogP contribution is 2.68. The van der Waals surface area contributed by atoms with Crippen LogP contribution in [0.5, 0.6) is 0 Å². The third-order valence-corrected chi connectivity index (χ3v) is 10.2. The van der Waals surface area contributed by atoms with Gasteiger partial charge in [-0.2, -0.15) is 0 Å². The first-order chi connectivity index (χ1) is 14.8. The molecular formula is C22H36BrN3O4S. The number of amides is 3. The topological polar surface area (TPSA) is 98.7 Å². The second-order valence-corrected chi connectivity index (χ2v) is 11.9. The van der Waals surface area contributed by atoms with Gasteiger partial charge in [-0.15, -0.1) is 11.8 Å². The minimum absolute atomic E-state index is 0.00567. The fraction of sp³-hybridized carbons (Fsp3) is 0.864. The third kappa shape index (κ3) is 4.14. The summed E-state index contributed by atoms with van der Waals surface area (Å²) >= 11 is 5.39. The highest BCUT2D eigenvalue weighted by Gasteiger charge is 2.76. The summed E-state index contributed by atoms with van der Waals surface area (Å²) in [5.41, 5.74) is 0. The van der Waals surface area contributed by atoms with Gasteiger partial charge in [-0.05, 0) is 32.6 Å². The number of aliphatic hydroxyl groups is 1. The number of likely N-dealkylation sites (tertiary alicyclic amines) is 1. The quantitative estimate of drug-likeness (QED) is 0.385. The average Bonchev–Trinajstić information content (AvgIpc) is 3.31. The van der Waals surface area contributed by atoms with Crippen molar-refractivity contribution in [2.45, 2.75) is 92.7 Å². The zero-order valence-electron chi connectivity index (χ0n) is 18.9. The van der Waals surface area contributed by atoms with E-state index in [0.29, 0.717) is 19.4 Å². The van der Waals surface area contributed by atoms with Gasteiger partial charge < -0.3 is 20.6 Å². The number of halogens is 1. The van der Waals surface area contributed by atoms with E-state index in [1.54, 1.807) is 16.7 Å². The molecule has 3 fully saturated rings. The van der Waals surface area contributed by atoms with E-state index in [0.717, 1.165) is 19.3 Å². The van der Waals surface area contributed by atoms with E-state index in [9.17, 15) is 19.5 Å². The SMILES string of the molecule is CCCNC(=O)[C@H]1[C@H]2C(=O)N([C@@H](CC)CO)C(C(=O)NC(C)CCC)C23CC(Br)[C@@H]1S3. The summed E-state index contributed by atoms with van der Waals surface area (Å²) in [7, 11) is 0. The fourth-order valence-corrected chi connectivity index (χ4v) is 9.27. The Balaban J connectivity index is 2.01. The lowest BCUT2D eigenvalue weighted by Crippen LogP contribution is -2.58. The molecule has 9 heteroatoms. The van der Waals surface area contributed by atoms with E-state index in [4.69, 9.17) is 0 Å². The molecule has 3 aliphatic heterocycles. The molecule has 0 radical (unpaired) electrons. The smallest absolute Gasteiger partial charge is 0.244 e. The molecule has 4 unspecified atom stereocenters. The van der Waals surface area contributed by atoms with Gasteiger partial charge in [0.05, 0.1) is 29.2 Å². The molecule has 0 aliphatic carbocycles. The van der Waals surface area contributed by atoms with Gasteiger partial charge in [0, 0.05) is 22.7 Å². The molecule has 3 aliphatic rings. The molecule has 31 heavy (non-hydrogen) atoms. The van der Waals surface area contributed by atoms with Crippen molar-refractivity contribution < 1.29 is 19.5 Å². The second kappa shape index (κ2) is 10.00. The molecule has 0 aromatic carbocycles. The van der Waals surface area contributed by atoms with Gasteiger partial charge in [0.15, 0.2) is 0 Å². The van der Waals surface area contributed by atoms with Crippen LogP contribution in [0.15, 0.2) is 0 Å². The number of nitrogens with zero attached hydrogens (tertiary/aromatic N) is 1. The first kappa shape index (κ1) is 24.8. The van der Waals surface area contributed by atoms with Crippen molar-refractivity contribution in [3.05, 3.63) is 0 Å². The average molecular weight is 519 g/mol. The molecule has 0 saturated carbocycles. The van der Waals surface area contributed by atoms with Crippen LogP contribution in [0, 0.1) is 11.8 Å². The first-order valence-corrected chi connectivity index (χ1v) is 13.4. The molecule has 7 nitrogen and oxygen atoms in total. The van der Waals surface area contributed by atoms with Crippen molar-refractivity contribution >= 4 is 45.4 Å². The van der Waals surface area contributed by atoms with E-state index < -0.39 is 28.7 Å². The molecule has 3 heterocycles. The van der Waals surface area contributed by atoms with Gasteiger partial charge in [0.2, 0.25) is 17.7 Å². The van der Waals surface area contributed by atoms with Gasteiger partial charge in [0.25, 0.3) is 0 Å². The summed E-state index contributed by atoms with van der Waals surface area (Å²) in [5, 5.41) is 16.1. The largest absolute Gasteiger partial charge is 0.394 e. The molecule has 2 bridgehead atoms. The van der Waals surface area contributed by atoms with Crippen molar-refractivity contribution in [1.82, 2.24) is 15.5 Å². The van der Waals surface area contributed by atoms with E-state index in [1.165, 1.54) is 0 Å². The lowest BCUT2D eigenvalue weighted by molar-refractivity contribution is -0.142. The van der Waals surface area contributed by atoms with Crippen LogP contribution in [0.25, 0.3) is 0 Å². The Bertz CT molecular complexity index is 706.